The third kappa shape index (κ3) is 2.36. The van der Waals surface area contributed by atoms with Crippen LogP contribution in [0.3, 0.4) is 0 Å². The molecule has 5 heteroatoms. The highest BCUT2D eigenvalue weighted by Crippen LogP contribution is 2.30. The van der Waals surface area contributed by atoms with E-state index in [4.69, 9.17) is 0 Å². The Labute approximate surface area is 118 Å². The van der Waals surface area contributed by atoms with Crippen molar-refractivity contribution >= 4 is 18.3 Å². The molecule has 0 radical (unpaired) electrons. The van der Waals surface area contributed by atoms with Crippen LogP contribution in [0.2, 0.25) is 0 Å². The molecule has 1 atom stereocenters. The number of aromatic amines is 1. The number of rotatable bonds is 2. The minimum atomic E-state index is 0. The van der Waals surface area contributed by atoms with Crippen LogP contribution in [0, 0.1) is 0 Å². The van der Waals surface area contributed by atoms with Crippen molar-refractivity contribution < 1.29 is 4.79 Å². The quantitative estimate of drug-likeness (QED) is 0.887. The first kappa shape index (κ1) is 13.6. The zero-order valence-electron chi connectivity index (χ0n) is 10.6. The van der Waals surface area contributed by atoms with Gasteiger partial charge in [-0.3, -0.25) is 9.78 Å². The van der Waals surface area contributed by atoms with Crippen molar-refractivity contribution in [3.63, 3.8) is 0 Å². The van der Waals surface area contributed by atoms with Gasteiger partial charge in [-0.1, -0.05) is 6.92 Å². The van der Waals surface area contributed by atoms with Gasteiger partial charge < -0.3 is 10.3 Å². The number of carbonyl (C=O) groups is 1. The Kier molecular flexibility index (Phi) is 3.90. The summed E-state index contributed by atoms with van der Waals surface area (Å²) in [6.07, 6.45) is 4.53. The average molecular weight is 278 g/mol. The average Bonchev–Trinajstić information content (AvgIpc) is 2.86. The molecule has 3 heterocycles. The van der Waals surface area contributed by atoms with Gasteiger partial charge in [-0.15, -0.1) is 12.4 Å². The molecule has 0 unspecified atom stereocenters. The van der Waals surface area contributed by atoms with Gasteiger partial charge in [0.15, 0.2) is 0 Å². The van der Waals surface area contributed by atoms with E-state index in [0.29, 0.717) is 5.92 Å². The van der Waals surface area contributed by atoms with Gasteiger partial charge in [0.05, 0.1) is 5.56 Å². The van der Waals surface area contributed by atoms with Crippen molar-refractivity contribution in [3.05, 3.63) is 41.9 Å². The van der Waals surface area contributed by atoms with Gasteiger partial charge >= 0.3 is 0 Å². The maximum Gasteiger partial charge on any atom is 0.253 e. The zero-order chi connectivity index (χ0) is 12.5. The van der Waals surface area contributed by atoms with Crippen LogP contribution in [0.1, 0.15) is 35.3 Å². The first-order valence-corrected chi connectivity index (χ1v) is 6.21. The summed E-state index contributed by atoms with van der Waals surface area (Å²) in [7, 11) is 0. The fraction of sp³-hybridized carbons (Fsp3) is 0.286. The fourth-order valence-electron chi connectivity index (χ4n) is 2.43. The number of amides is 1. The standard InChI is InChI=1S/C14H15N3O.ClH/c1-2-9-8-16-14(18)11-7-12(17-13(9)11)10-3-5-15-6-4-10;/h3-7,9,17H,2,8H2,1H3,(H,16,18);1H/t9-;/m0./s1. The van der Waals surface area contributed by atoms with E-state index in [9.17, 15) is 4.79 Å². The van der Waals surface area contributed by atoms with Crippen LogP contribution in [0.15, 0.2) is 30.6 Å². The molecule has 0 spiro atoms. The van der Waals surface area contributed by atoms with Crippen molar-refractivity contribution in [3.8, 4) is 11.3 Å². The molecule has 0 saturated heterocycles. The molecule has 0 aliphatic carbocycles. The maximum absolute atomic E-state index is 11.8. The molecule has 0 aromatic carbocycles. The maximum atomic E-state index is 11.8. The van der Waals surface area contributed by atoms with E-state index >= 15 is 0 Å². The van der Waals surface area contributed by atoms with Crippen LogP contribution < -0.4 is 5.32 Å². The van der Waals surface area contributed by atoms with Crippen molar-refractivity contribution in [2.24, 2.45) is 0 Å². The van der Waals surface area contributed by atoms with Gasteiger partial charge in [0, 0.05) is 41.8 Å². The lowest BCUT2D eigenvalue weighted by Gasteiger charge is -2.21. The molecule has 0 saturated carbocycles. The lowest BCUT2D eigenvalue weighted by molar-refractivity contribution is 0.0939. The molecule has 0 bridgehead atoms. The van der Waals surface area contributed by atoms with Gasteiger partial charge in [-0.2, -0.15) is 0 Å². The number of halogens is 1. The highest BCUT2D eigenvalue weighted by molar-refractivity contribution is 5.98. The van der Waals surface area contributed by atoms with Crippen LogP contribution in [0.4, 0.5) is 0 Å². The van der Waals surface area contributed by atoms with Gasteiger partial charge in [-0.25, -0.2) is 0 Å². The summed E-state index contributed by atoms with van der Waals surface area (Å²) in [5, 5.41) is 2.93. The van der Waals surface area contributed by atoms with E-state index in [1.807, 2.05) is 18.2 Å². The largest absolute Gasteiger partial charge is 0.357 e. The van der Waals surface area contributed by atoms with Crippen LogP contribution in [-0.4, -0.2) is 22.4 Å². The van der Waals surface area contributed by atoms with Gasteiger partial charge in [0.2, 0.25) is 0 Å². The Morgan fingerprint density at radius 2 is 2.11 bits per heavy atom. The Hall–Kier alpha value is -1.81. The molecule has 4 nitrogen and oxygen atoms in total. The molecule has 1 aliphatic heterocycles. The summed E-state index contributed by atoms with van der Waals surface area (Å²) in [6.45, 7) is 2.86. The summed E-state index contributed by atoms with van der Waals surface area (Å²) in [5.41, 5.74) is 3.88. The van der Waals surface area contributed by atoms with E-state index in [2.05, 4.69) is 22.2 Å². The zero-order valence-corrected chi connectivity index (χ0v) is 11.5. The number of fused-ring (bicyclic) bond motifs is 1. The first-order valence-electron chi connectivity index (χ1n) is 6.21. The molecule has 2 aromatic rings. The number of hydrogen-bond acceptors (Lipinski definition) is 2. The van der Waals surface area contributed by atoms with Crippen molar-refractivity contribution in [2.45, 2.75) is 19.3 Å². The van der Waals surface area contributed by atoms with Gasteiger partial charge in [0.25, 0.3) is 5.91 Å². The molecule has 19 heavy (non-hydrogen) atoms. The van der Waals surface area contributed by atoms with E-state index in [-0.39, 0.29) is 18.3 Å². The normalized spacial score (nSPS) is 17.3. The third-order valence-corrected chi connectivity index (χ3v) is 3.49. The SMILES string of the molecule is CC[C@H]1CNC(=O)c2cc(-c3ccncc3)[nH]c21.Cl. The smallest absolute Gasteiger partial charge is 0.253 e. The van der Waals surface area contributed by atoms with E-state index < -0.39 is 0 Å². The van der Waals surface area contributed by atoms with Crippen LogP contribution in [-0.2, 0) is 0 Å². The monoisotopic (exact) mass is 277 g/mol. The van der Waals surface area contributed by atoms with E-state index in [1.165, 1.54) is 0 Å². The van der Waals surface area contributed by atoms with Crippen molar-refractivity contribution in [2.75, 3.05) is 6.54 Å². The number of carbonyl (C=O) groups excluding carboxylic acids is 1. The Bertz CT molecular complexity index is 580. The summed E-state index contributed by atoms with van der Waals surface area (Å²) >= 11 is 0. The number of nitrogens with one attached hydrogen (secondary N) is 2. The number of hydrogen-bond donors (Lipinski definition) is 2. The van der Waals surface area contributed by atoms with E-state index in [1.54, 1.807) is 12.4 Å². The Balaban J connectivity index is 0.00000133. The van der Waals surface area contributed by atoms with Crippen LogP contribution >= 0.6 is 12.4 Å². The minimum absolute atomic E-state index is 0. The minimum Gasteiger partial charge on any atom is -0.357 e. The molecular weight excluding hydrogens is 262 g/mol. The molecule has 0 fully saturated rings. The second-order valence-corrected chi connectivity index (χ2v) is 4.56. The molecule has 2 N–H and O–H groups in total. The highest BCUT2D eigenvalue weighted by atomic mass is 35.5. The number of nitrogens with zero attached hydrogens (tertiary/aromatic N) is 1. The van der Waals surface area contributed by atoms with Gasteiger partial charge in [-0.05, 0) is 24.6 Å². The topological polar surface area (TPSA) is 57.8 Å². The van der Waals surface area contributed by atoms with E-state index in [0.717, 1.165) is 35.5 Å². The summed E-state index contributed by atoms with van der Waals surface area (Å²) in [4.78, 5) is 19.2. The number of H-pyrrole nitrogens is 1. The second kappa shape index (κ2) is 5.45. The second-order valence-electron chi connectivity index (χ2n) is 4.56. The van der Waals surface area contributed by atoms with Crippen molar-refractivity contribution in [1.82, 2.24) is 15.3 Å². The number of pyridine rings is 1. The molecule has 1 amide bonds. The third-order valence-electron chi connectivity index (χ3n) is 3.49. The lowest BCUT2D eigenvalue weighted by Crippen LogP contribution is -2.34. The fourth-order valence-corrected chi connectivity index (χ4v) is 2.43. The number of aromatic nitrogens is 2. The molecule has 100 valence electrons. The lowest BCUT2D eigenvalue weighted by atomic mass is 9.95. The molecular formula is C14H16ClN3O. The summed E-state index contributed by atoms with van der Waals surface area (Å²) in [5.74, 6) is 0.402. The molecule has 1 aliphatic rings. The molecule has 2 aromatic heterocycles. The summed E-state index contributed by atoms with van der Waals surface area (Å²) < 4.78 is 0. The van der Waals surface area contributed by atoms with Crippen LogP contribution in [0.5, 0.6) is 0 Å². The molecule has 3 rings (SSSR count). The van der Waals surface area contributed by atoms with Crippen molar-refractivity contribution in [1.29, 1.82) is 0 Å². The Morgan fingerprint density at radius 1 is 1.37 bits per heavy atom. The van der Waals surface area contributed by atoms with Crippen LogP contribution in [0.25, 0.3) is 11.3 Å². The first-order chi connectivity index (χ1) is 8.79. The van der Waals surface area contributed by atoms with Gasteiger partial charge in [0.1, 0.15) is 0 Å². The highest BCUT2D eigenvalue weighted by Gasteiger charge is 2.26. The predicted octanol–water partition coefficient (Wildman–Crippen LogP) is 2.74. The Morgan fingerprint density at radius 3 is 2.79 bits per heavy atom. The summed E-state index contributed by atoms with van der Waals surface area (Å²) in [6, 6.07) is 5.81. The predicted molar refractivity (Wildman–Crippen MR) is 76.6 cm³/mol.